The highest BCUT2D eigenvalue weighted by Gasteiger charge is 2.18. The van der Waals surface area contributed by atoms with Crippen molar-refractivity contribution in [2.75, 3.05) is 32.8 Å². The van der Waals surface area contributed by atoms with Crippen molar-refractivity contribution in [3.8, 4) is 11.3 Å². The van der Waals surface area contributed by atoms with Gasteiger partial charge in [0.25, 0.3) is 5.91 Å². The van der Waals surface area contributed by atoms with Crippen LogP contribution < -0.4 is 5.32 Å². The standard InChI is InChI=1S/C24H27N3O2/c1-17-7-9-19(10-8-17)23-15-21(20-5-3-4-6-22(20)26-23)24(28)25-18(2)16-27-11-13-29-14-12-27/h3-10,15,18H,11-14,16H2,1-2H3,(H,25,28). The summed E-state index contributed by atoms with van der Waals surface area (Å²) < 4.78 is 5.41. The van der Waals surface area contributed by atoms with E-state index in [0.29, 0.717) is 5.56 Å². The Morgan fingerprint density at radius 3 is 2.62 bits per heavy atom. The van der Waals surface area contributed by atoms with Gasteiger partial charge in [-0.25, -0.2) is 4.98 Å². The molecule has 0 bridgehead atoms. The van der Waals surface area contributed by atoms with Crippen molar-refractivity contribution in [1.29, 1.82) is 0 Å². The van der Waals surface area contributed by atoms with Crippen molar-refractivity contribution in [1.82, 2.24) is 15.2 Å². The van der Waals surface area contributed by atoms with E-state index in [1.165, 1.54) is 5.56 Å². The van der Waals surface area contributed by atoms with E-state index >= 15 is 0 Å². The number of amides is 1. The minimum atomic E-state index is -0.0577. The van der Waals surface area contributed by atoms with Crippen LogP contribution in [-0.2, 0) is 4.74 Å². The van der Waals surface area contributed by atoms with Gasteiger partial charge in [-0.1, -0.05) is 48.0 Å². The third-order valence-corrected chi connectivity index (χ3v) is 5.32. The van der Waals surface area contributed by atoms with Gasteiger partial charge in [-0.15, -0.1) is 0 Å². The molecule has 1 saturated heterocycles. The van der Waals surface area contributed by atoms with E-state index in [9.17, 15) is 4.79 Å². The first-order valence-corrected chi connectivity index (χ1v) is 10.2. The zero-order valence-corrected chi connectivity index (χ0v) is 17.0. The zero-order chi connectivity index (χ0) is 20.2. The molecular formula is C24H27N3O2. The predicted octanol–water partition coefficient (Wildman–Crippen LogP) is 3.66. The summed E-state index contributed by atoms with van der Waals surface area (Å²) in [4.78, 5) is 20.3. The molecule has 1 fully saturated rings. The van der Waals surface area contributed by atoms with Gasteiger partial charge in [-0.05, 0) is 26.0 Å². The molecule has 0 radical (unpaired) electrons. The van der Waals surface area contributed by atoms with Crippen LogP contribution in [0.3, 0.4) is 0 Å². The highest BCUT2D eigenvalue weighted by molar-refractivity contribution is 6.07. The number of ether oxygens (including phenoxy) is 1. The number of para-hydroxylation sites is 1. The molecule has 29 heavy (non-hydrogen) atoms. The molecule has 150 valence electrons. The molecule has 2 aromatic carbocycles. The fourth-order valence-corrected chi connectivity index (χ4v) is 3.75. The second-order valence-corrected chi connectivity index (χ2v) is 7.73. The number of hydrogen-bond acceptors (Lipinski definition) is 4. The first kappa shape index (κ1) is 19.6. The normalized spacial score (nSPS) is 15.9. The Balaban J connectivity index is 1.61. The van der Waals surface area contributed by atoms with Gasteiger partial charge in [0.15, 0.2) is 0 Å². The topological polar surface area (TPSA) is 54.5 Å². The predicted molar refractivity (Wildman–Crippen MR) is 116 cm³/mol. The molecule has 1 aromatic heterocycles. The first-order chi connectivity index (χ1) is 14.1. The second kappa shape index (κ2) is 8.72. The zero-order valence-electron chi connectivity index (χ0n) is 17.0. The first-order valence-electron chi connectivity index (χ1n) is 10.2. The van der Waals surface area contributed by atoms with Crippen LogP contribution >= 0.6 is 0 Å². The summed E-state index contributed by atoms with van der Waals surface area (Å²) >= 11 is 0. The molecule has 0 saturated carbocycles. The summed E-state index contributed by atoms with van der Waals surface area (Å²) in [6, 6.07) is 18.0. The Bertz CT molecular complexity index is 995. The van der Waals surface area contributed by atoms with Crippen molar-refractivity contribution in [3.05, 3.63) is 65.7 Å². The lowest BCUT2D eigenvalue weighted by atomic mass is 10.0. The number of rotatable bonds is 5. The maximum atomic E-state index is 13.2. The molecule has 5 heteroatoms. The fraction of sp³-hybridized carbons (Fsp3) is 0.333. The van der Waals surface area contributed by atoms with Crippen LogP contribution in [0, 0.1) is 6.92 Å². The van der Waals surface area contributed by atoms with Crippen molar-refractivity contribution in [2.24, 2.45) is 0 Å². The molecule has 2 heterocycles. The Labute approximate surface area is 171 Å². The van der Waals surface area contributed by atoms with E-state index in [-0.39, 0.29) is 11.9 Å². The van der Waals surface area contributed by atoms with Gasteiger partial charge in [-0.3, -0.25) is 9.69 Å². The van der Waals surface area contributed by atoms with Crippen molar-refractivity contribution < 1.29 is 9.53 Å². The van der Waals surface area contributed by atoms with Crippen LogP contribution in [-0.4, -0.2) is 54.7 Å². The van der Waals surface area contributed by atoms with E-state index in [4.69, 9.17) is 9.72 Å². The molecule has 1 unspecified atom stereocenters. The summed E-state index contributed by atoms with van der Waals surface area (Å²) in [5.74, 6) is -0.0577. The Hall–Kier alpha value is -2.76. The summed E-state index contributed by atoms with van der Waals surface area (Å²) in [5.41, 5.74) is 4.52. The van der Waals surface area contributed by atoms with E-state index in [2.05, 4.69) is 48.3 Å². The van der Waals surface area contributed by atoms with Gasteiger partial charge >= 0.3 is 0 Å². The molecule has 1 aliphatic heterocycles. The molecule has 0 aliphatic carbocycles. The molecule has 1 N–H and O–H groups in total. The van der Waals surface area contributed by atoms with Gasteiger partial charge in [0.1, 0.15) is 0 Å². The van der Waals surface area contributed by atoms with E-state index in [1.807, 2.05) is 30.3 Å². The van der Waals surface area contributed by atoms with Crippen LogP contribution in [0.25, 0.3) is 22.2 Å². The van der Waals surface area contributed by atoms with E-state index in [1.54, 1.807) is 0 Å². The maximum Gasteiger partial charge on any atom is 0.252 e. The van der Waals surface area contributed by atoms with Crippen molar-refractivity contribution in [3.63, 3.8) is 0 Å². The SMILES string of the molecule is Cc1ccc(-c2cc(C(=O)NC(C)CN3CCOCC3)c3ccccc3n2)cc1. The number of benzene rings is 2. The van der Waals surface area contributed by atoms with Crippen molar-refractivity contribution >= 4 is 16.8 Å². The number of fused-ring (bicyclic) bond motifs is 1. The molecule has 1 amide bonds. The van der Waals surface area contributed by atoms with E-state index < -0.39 is 0 Å². The summed E-state index contributed by atoms with van der Waals surface area (Å²) in [7, 11) is 0. The number of hydrogen-bond donors (Lipinski definition) is 1. The van der Waals surface area contributed by atoms with Crippen LogP contribution in [0.2, 0.25) is 0 Å². The lowest BCUT2D eigenvalue weighted by Gasteiger charge is -2.29. The van der Waals surface area contributed by atoms with Gasteiger partial charge in [0.2, 0.25) is 0 Å². The minimum Gasteiger partial charge on any atom is -0.379 e. The number of aryl methyl sites for hydroxylation is 1. The van der Waals surface area contributed by atoms with Gasteiger partial charge in [-0.2, -0.15) is 0 Å². The van der Waals surface area contributed by atoms with Gasteiger partial charge in [0.05, 0.1) is 30.0 Å². The molecular weight excluding hydrogens is 362 g/mol. The third kappa shape index (κ3) is 4.63. The van der Waals surface area contributed by atoms with E-state index in [0.717, 1.165) is 55.0 Å². The average Bonchev–Trinajstić information content (AvgIpc) is 2.74. The third-order valence-electron chi connectivity index (χ3n) is 5.32. The van der Waals surface area contributed by atoms with Crippen LogP contribution in [0.15, 0.2) is 54.6 Å². The Morgan fingerprint density at radius 2 is 1.86 bits per heavy atom. The number of carbonyl (C=O) groups is 1. The minimum absolute atomic E-state index is 0.0513. The van der Waals surface area contributed by atoms with Gasteiger partial charge in [0, 0.05) is 36.6 Å². The molecule has 1 aliphatic rings. The number of carbonyl (C=O) groups excluding carboxylic acids is 1. The second-order valence-electron chi connectivity index (χ2n) is 7.73. The summed E-state index contributed by atoms with van der Waals surface area (Å²) in [6.45, 7) is 8.28. The quantitative estimate of drug-likeness (QED) is 0.724. The highest BCUT2D eigenvalue weighted by Crippen LogP contribution is 2.25. The van der Waals surface area contributed by atoms with Crippen LogP contribution in [0.5, 0.6) is 0 Å². The van der Waals surface area contributed by atoms with Gasteiger partial charge < -0.3 is 10.1 Å². The highest BCUT2D eigenvalue weighted by atomic mass is 16.5. The maximum absolute atomic E-state index is 13.2. The smallest absolute Gasteiger partial charge is 0.252 e. The number of nitrogens with one attached hydrogen (secondary N) is 1. The number of pyridine rings is 1. The summed E-state index contributed by atoms with van der Waals surface area (Å²) in [6.07, 6.45) is 0. The average molecular weight is 389 g/mol. The van der Waals surface area contributed by atoms with Crippen LogP contribution in [0.4, 0.5) is 0 Å². The Kier molecular flexibility index (Phi) is 5.88. The Morgan fingerprint density at radius 1 is 1.14 bits per heavy atom. The lowest BCUT2D eigenvalue weighted by Crippen LogP contribution is -2.46. The number of nitrogens with zero attached hydrogens (tertiary/aromatic N) is 2. The monoisotopic (exact) mass is 389 g/mol. The lowest BCUT2D eigenvalue weighted by molar-refractivity contribution is 0.0342. The van der Waals surface area contributed by atoms with Crippen molar-refractivity contribution in [2.45, 2.75) is 19.9 Å². The molecule has 3 aromatic rings. The molecule has 5 nitrogen and oxygen atoms in total. The molecule has 4 rings (SSSR count). The molecule has 0 spiro atoms. The largest absolute Gasteiger partial charge is 0.379 e. The number of aromatic nitrogens is 1. The molecule has 1 atom stereocenters. The summed E-state index contributed by atoms with van der Waals surface area (Å²) in [5, 5.41) is 4.05. The fourth-order valence-electron chi connectivity index (χ4n) is 3.75. The number of morpholine rings is 1. The van der Waals surface area contributed by atoms with Crippen LogP contribution in [0.1, 0.15) is 22.8 Å².